The summed E-state index contributed by atoms with van der Waals surface area (Å²) in [7, 11) is 0. The predicted molar refractivity (Wildman–Crippen MR) is 64.5 cm³/mol. The van der Waals surface area contributed by atoms with Crippen molar-refractivity contribution in [3.63, 3.8) is 0 Å². The number of nitrogens with zero attached hydrogens (tertiary/aromatic N) is 3. The van der Waals surface area contributed by atoms with Crippen molar-refractivity contribution in [3.8, 4) is 11.5 Å². The van der Waals surface area contributed by atoms with Crippen LogP contribution in [0.3, 0.4) is 0 Å². The minimum Gasteiger partial charge on any atom is -0.618 e. The number of anilines is 1. The Morgan fingerprint density at radius 1 is 1.33 bits per heavy atom. The number of nitrogens with two attached hydrogens (primary N) is 1. The van der Waals surface area contributed by atoms with E-state index in [-0.39, 0.29) is 0 Å². The molecule has 3 N–H and O–H groups in total. The Kier molecular flexibility index (Phi) is 5.00. The van der Waals surface area contributed by atoms with Gasteiger partial charge in [0.05, 0.1) is 0 Å². The van der Waals surface area contributed by atoms with Crippen LogP contribution in [0.15, 0.2) is 36.7 Å². The zero-order valence-electron chi connectivity index (χ0n) is 10.3. The number of hydrogen-bond acceptors (Lipinski definition) is 5. The molecule has 0 atom stereocenters. The van der Waals surface area contributed by atoms with E-state index in [0.717, 1.165) is 0 Å². The monoisotopic (exact) mass is 302 g/mol. The molecule has 0 saturated heterocycles. The summed E-state index contributed by atoms with van der Waals surface area (Å²) in [6, 6.07) is 6.60. The van der Waals surface area contributed by atoms with E-state index in [0.29, 0.717) is 22.1 Å². The Bertz CT molecular complexity index is 634. The fourth-order valence-electron chi connectivity index (χ4n) is 1.10. The molecule has 0 aliphatic carbocycles. The van der Waals surface area contributed by atoms with Crippen LogP contribution in [0, 0.1) is 5.21 Å². The first-order valence-electron chi connectivity index (χ1n) is 5.29. The summed E-state index contributed by atoms with van der Waals surface area (Å²) >= 11 is 0. The van der Waals surface area contributed by atoms with Crippen molar-refractivity contribution in [3.05, 3.63) is 41.9 Å². The van der Waals surface area contributed by atoms with Gasteiger partial charge < -0.3 is 16.0 Å². The van der Waals surface area contributed by atoms with E-state index in [9.17, 15) is 18.4 Å². The lowest BCUT2D eigenvalue weighted by atomic mass is 10.3. The van der Waals surface area contributed by atoms with E-state index in [1.165, 1.54) is 12.4 Å². The topological polar surface area (TPSA) is 116 Å². The highest BCUT2D eigenvalue weighted by molar-refractivity contribution is 5.73. The summed E-state index contributed by atoms with van der Waals surface area (Å²) in [6.45, 7) is 0. The molecule has 2 heterocycles. The summed E-state index contributed by atoms with van der Waals surface area (Å²) < 4.78 is 32.4. The molecule has 2 aromatic heterocycles. The third-order valence-corrected chi connectivity index (χ3v) is 1.97. The summed E-state index contributed by atoms with van der Waals surface area (Å²) in [5.74, 6) is -2.08. The lowest BCUT2D eigenvalue weighted by Gasteiger charge is -2.01. The fraction of sp³-hybridized carbons (Fsp3) is 0.0909. The zero-order chi connectivity index (χ0) is 16.0. The second kappa shape index (κ2) is 6.50. The van der Waals surface area contributed by atoms with E-state index in [1.807, 2.05) is 0 Å². The Balaban J connectivity index is 0.000000270. The van der Waals surface area contributed by atoms with Crippen LogP contribution in [0.4, 0.5) is 19.0 Å². The number of alkyl halides is 3. The number of aromatic nitrogens is 3. The third kappa shape index (κ3) is 4.93. The van der Waals surface area contributed by atoms with Crippen molar-refractivity contribution in [2.75, 3.05) is 5.73 Å². The Morgan fingerprint density at radius 3 is 2.43 bits per heavy atom. The van der Waals surface area contributed by atoms with Crippen molar-refractivity contribution in [2.45, 2.75) is 6.18 Å². The number of rotatable bonds is 1. The van der Waals surface area contributed by atoms with Crippen LogP contribution in [0.1, 0.15) is 0 Å². The molecular weight excluding hydrogens is 293 g/mol. The van der Waals surface area contributed by atoms with Crippen molar-refractivity contribution in [1.82, 2.24) is 9.97 Å². The molecule has 0 amide bonds. The summed E-state index contributed by atoms with van der Waals surface area (Å²) in [5.41, 5.74) is 5.87. The van der Waals surface area contributed by atoms with Gasteiger partial charge in [-0.15, -0.1) is 0 Å². The van der Waals surface area contributed by atoms with Gasteiger partial charge in [0.15, 0.2) is 6.20 Å². The van der Waals surface area contributed by atoms with Gasteiger partial charge in [-0.1, -0.05) is 0 Å². The number of carboxylic acids is 1. The number of aliphatic carboxylic acids is 1. The van der Waals surface area contributed by atoms with E-state index in [1.54, 1.807) is 24.3 Å². The lowest BCUT2D eigenvalue weighted by Crippen LogP contribution is -2.28. The summed E-state index contributed by atoms with van der Waals surface area (Å²) in [4.78, 5) is 16.8. The van der Waals surface area contributed by atoms with Crippen LogP contribution in [-0.2, 0) is 4.79 Å². The molecule has 10 heteroatoms. The second-order valence-corrected chi connectivity index (χ2v) is 3.52. The van der Waals surface area contributed by atoms with Crippen LogP contribution >= 0.6 is 0 Å². The summed E-state index contributed by atoms with van der Waals surface area (Å²) in [5, 5.41) is 18.5. The van der Waals surface area contributed by atoms with Crippen LogP contribution in [0.2, 0.25) is 0 Å². The van der Waals surface area contributed by atoms with Gasteiger partial charge in [-0.05, 0) is 12.1 Å². The standard InChI is InChI=1S/C9H8N4O.C2HF3O2/c10-8-4-5-11-9(12-8)7-3-1-2-6-13(7)14;3-2(4,5)1(6)7/h1-6H,(H2,10,11,12);(H,6,7). The number of halogens is 3. The molecule has 0 fully saturated rings. The number of nitrogen functional groups attached to an aromatic ring is 1. The van der Waals surface area contributed by atoms with E-state index in [4.69, 9.17) is 15.6 Å². The van der Waals surface area contributed by atoms with Gasteiger partial charge in [0, 0.05) is 18.3 Å². The van der Waals surface area contributed by atoms with Gasteiger partial charge in [0.25, 0.3) is 5.69 Å². The maximum atomic E-state index is 11.3. The number of pyridine rings is 1. The molecule has 0 spiro atoms. The highest BCUT2D eigenvalue weighted by Crippen LogP contribution is 2.13. The first-order chi connectivity index (χ1) is 9.71. The molecule has 112 valence electrons. The molecule has 0 radical (unpaired) electrons. The van der Waals surface area contributed by atoms with Crippen LogP contribution in [-0.4, -0.2) is 27.2 Å². The van der Waals surface area contributed by atoms with Crippen molar-refractivity contribution >= 4 is 11.8 Å². The lowest BCUT2D eigenvalue weighted by molar-refractivity contribution is -0.594. The van der Waals surface area contributed by atoms with E-state index < -0.39 is 12.1 Å². The van der Waals surface area contributed by atoms with Gasteiger partial charge in [0.1, 0.15) is 5.82 Å². The Labute approximate surface area is 116 Å². The quantitative estimate of drug-likeness (QED) is 0.599. The molecule has 0 saturated carbocycles. The SMILES string of the molecule is Nc1ccnc(-c2cccc[n+]2[O-])n1.O=C(O)C(F)(F)F. The largest absolute Gasteiger partial charge is 0.618 e. The molecule has 0 aliphatic heterocycles. The maximum Gasteiger partial charge on any atom is 0.490 e. The van der Waals surface area contributed by atoms with Crippen molar-refractivity contribution < 1.29 is 27.8 Å². The maximum absolute atomic E-state index is 11.3. The van der Waals surface area contributed by atoms with Gasteiger partial charge in [-0.25, -0.2) is 14.8 Å². The van der Waals surface area contributed by atoms with E-state index >= 15 is 0 Å². The van der Waals surface area contributed by atoms with Crippen LogP contribution < -0.4 is 10.5 Å². The molecule has 2 rings (SSSR count). The minimum atomic E-state index is -5.08. The number of carboxylic acid groups (broad SMARTS) is 1. The van der Waals surface area contributed by atoms with Crippen LogP contribution in [0.5, 0.6) is 0 Å². The molecule has 0 unspecified atom stereocenters. The first kappa shape index (κ1) is 16.1. The molecular formula is C11H9F3N4O3. The highest BCUT2D eigenvalue weighted by Gasteiger charge is 2.38. The summed E-state index contributed by atoms with van der Waals surface area (Å²) in [6.07, 6.45) is -2.17. The minimum absolute atomic E-state index is 0.334. The van der Waals surface area contributed by atoms with E-state index in [2.05, 4.69) is 9.97 Å². The molecule has 0 aliphatic rings. The number of hydrogen-bond donors (Lipinski definition) is 2. The predicted octanol–water partition coefficient (Wildman–Crippen LogP) is 0.992. The van der Waals surface area contributed by atoms with Crippen molar-refractivity contribution in [2.24, 2.45) is 0 Å². The second-order valence-electron chi connectivity index (χ2n) is 3.52. The Morgan fingerprint density at radius 2 is 1.95 bits per heavy atom. The Hall–Kier alpha value is -2.91. The van der Waals surface area contributed by atoms with Gasteiger partial charge >= 0.3 is 12.1 Å². The van der Waals surface area contributed by atoms with Crippen molar-refractivity contribution in [1.29, 1.82) is 0 Å². The first-order valence-corrected chi connectivity index (χ1v) is 5.29. The zero-order valence-corrected chi connectivity index (χ0v) is 10.3. The average Bonchev–Trinajstić information content (AvgIpc) is 2.39. The normalized spacial score (nSPS) is 10.4. The molecule has 2 aromatic rings. The van der Waals surface area contributed by atoms with Gasteiger partial charge in [0.2, 0.25) is 5.82 Å². The molecule has 0 aromatic carbocycles. The van der Waals surface area contributed by atoms with Crippen LogP contribution in [0.25, 0.3) is 11.5 Å². The molecule has 7 nitrogen and oxygen atoms in total. The van der Waals surface area contributed by atoms with Gasteiger partial charge in [-0.3, -0.25) is 0 Å². The highest BCUT2D eigenvalue weighted by atomic mass is 19.4. The smallest absolute Gasteiger partial charge is 0.490 e. The fourth-order valence-corrected chi connectivity index (χ4v) is 1.10. The third-order valence-electron chi connectivity index (χ3n) is 1.97. The molecule has 21 heavy (non-hydrogen) atoms. The van der Waals surface area contributed by atoms with Gasteiger partial charge in [-0.2, -0.15) is 17.9 Å². The molecule has 0 bridgehead atoms. The average molecular weight is 302 g/mol. The number of carbonyl (C=O) groups is 1.